The molecule has 2 N–H and O–H groups in total. The van der Waals surface area contributed by atoms with E-state index in [-0.39, 0.29) is 29.1 Å². The molecule has 1 aliphatic rings. The van der Waals surface area contributed by atoms with E-state index in [2.05, 4.69) is 32.9 Å². The van der Waals surface area contributed by atoms with Gasteiger partial charge in [-0.3, -0.25) is 4.79 Å². The van der Waals surface area contributed by atoms with Gasteiger partial charge in [0.05, 0.1) is 17.1 Å². The topological polar surface area (TPSA) is 79.9 Å². The number of aliphatic hydroxyl groups excluding tert-OH is 1. The lowest BCUT2D eigenvalue weighted by atomic mass is 9.86. The van der Waals surface area contributed by atoms with Crippen molar-refractivity contribution in [2.75, 3.05) is 0 Å². The molecule has 1 aliphatic heterocycles. The molecule has 2 heterocycles. The molecular weight excluding hydrogens is 368 g/mol. The Morgan fingerprint density at radius 2 is 2.00 bits per heavy atom. The minimum Gasteiger partial charge on any atom is -0.508 e. The van der Waals surface area contributed by atoms with E-state index in [9.17, 15) is 15.0 Å². The molecular formula is C24H30O5. The average molecular weight is 398 g/mol. The van der Waals surface area contributed by atoms with E-state index in [1.54, 1.807) is 0 Å². The van der Waals surface area contributed by atoms with Crippen molar-refractivity contribution in [1.82, 2.24) is 0 Å². The molecule has 5 heteroatoms. The fraction of sp³-hybridized carbons (Fsp3) is 0.458. The zero-order valence-corrected chi connectivity index (χ0v) is 17.6. The first-order chi connectivity index (χ1) is 13.7. The van der Waals surface area contributed by atoms with E-state index in [0.29, 0.717) is 17.4 Å². The van der Waals surface area contributed by atoms with Gasteiger partial charge in [0.2, 0.25) is 0 Å². The van der Waals surface area contributed by atoms with Crippen LogP contribution in [0.15, 0.2) is 50.7 Å². The molecule has 0 aliphatic carbocycles. The van der Waals surface area contributed by atoms with Crippen LogP contribution in [0.3, 0.4) is 0 Å². The standard InChI is InChI=1S/C24H30O5/c1-15(2)7-5-8-16(3)9-6-12-24(4)21(26)14-19-22(27)18-11-10-17(25)13-20(18)28-23(19)29-24/h7,9-11,13,21,25-26H,5-6,8,12,14H2,1-4H3/t21-,24-/m0/s1. The summed E-state index contributed by atoms with van der Waals surface area (Å²) in [7, 11) is 0. The predicted molar refractivity (Wildman–Crippen MR) is 115 cm³/mol. The van der Waals surface area contributed by atoms with Crippen molar-refractivity contribution in [3.8, 4) is 11.7 Å². The predicted octanol–water partition coefficient (Wildman–Crippen LogP) is 5.03. The smallest absolute Gasteiger partial charge is 0.292 e. The summed E-state index contributed by atoms with van der Waals surface area (Å²) in [5, 5.41) is 20.8. The van der Waals surface area contributed by atoms with Crippen molar-refractivity contribution in [1.29, 1.82) is 0 Å². The molecule has 0 spiro atoms. The van der Waals surface area contributed by atoms with Crippen LogP contribution in [0, 0.1) is 0 Å². The Labute approximate surface area is 171 Å². The van der Waals surface area contributed by atoms with E-state index in [1.165, 1.54) is 29.3 Å². The van der Waals surface area contributed by atoms with Crippen LogP contribution in [0.4, 0.5) is 0 Å². The van der Waals surface area contributed by atoms with Gasteiger partial charge >= 0.3 is 0 Å². The summed E-state index contributed by atoms with van der Waals surface area (Å²) in [6.07, 6.45) is 7.22. The van der Waals surface area contributed by atoms with E-state index >= 15 is 0 Å². The van der Waals surface area contributed by atoms with Crippen molar-refractivity contribution in [2.24, 2.45) is 0 Å². The SMILES string of the molecule is CC(C)=CCCC(C)=CCC[C@]1(C)Oc2oc3cc(O)ccc3c(=O)c2C[C@@H]1O. The van der Waals surface area contributed by atoms with Crippen LogP contribution in [-0.2, 0) is 6.42 Å². The minimum atomic E-state index is -0.843. The van der Waals surface area contributed by atoms with Gasteiger partial charge in [-0.05, 0) is 65.5 Å². The van der Waals surface area contributed by atoms with Crippen LogP contribution in [-0.4, -0.2) is 21.9 Å². The van der Waals surface area contributed by atoms with Crippen LogP contribution in [0.25, 0.3) is 11.0 Å². The lowest BCUT2D eigenvalue weighted by Crippen LogP contribution is -2.50. The number of benzene rings is 1. The van der Waals surface area contributed by atoms with Crippen LogP contribution < -0.4 is 10.2 Å². The second-order valence-electron chi connectivity index (χ2n) is 8.42. The molecule has 0 unspecified atom stereocenters. The first kappa shape index (κ1) is 21.2. The van der Waals surface area contributed by atoms with Gasteiger partial charge in [-0.15, -0.1) is 0 Å². The van der Waals surface area contributed by atoms with Crippen LogP contribution in [0.5, 0.6) is 11.7 Å². The normalized spacial score (nSPS) is 21.6. The van der Waals surface area contributed by atoms with Crippen LogP contribution in [0.1, 0.15) is 58.9 Å². The van der Waals surface area contributed by atoms with E-state index in [1.807, 2.05) is 6.92 Å². The lowest BCUT2D eigenvalue weighted by Gasteiger charge is -2.38. The fourth-order valence-corrected chi connectivity index (χ4v) is 3.66. The van der Waals surface area contributed by atoms with Gasteiger partial charge in [-0.1, -0.05) is 23.3 Å². The number of fused-ring (bicyclic) bond motifs is 2. The Bertz CT molecular complexity index is 1010. The molecule has 1 aromatic heterocycles. The first-order valence-corrected chi connectivity index (χ1v) is 10.1. The molecule has 0 saturated carbocycles. The number of hydrogen-bond donors (Lipinski definition) is 2. The maximum atomic E-state index is 12.7. The summed E-state index contributed by atoms with van der Waals surface area (Å²) in [6, 6.07) is 4.38. The zero-order chi connectivity index (χ0) is 21.2. The third kappa shape index (κ3) is 4.73. The first-order valence-electron chi connectivity index (χ1n) is 10.1. The Morgan fingerprint density at radius 1 is 1.24 bits per heavy atom. The highest BCUT2D eigenvalue weighted by Crippen LogP contribution is 2.37. The molecule has 3 rings (SSSR count). The quantitative estimate of drug-likeness (QED) is 0.668. The van der Waals surface area contributed by atoms with Crippen LogP contribution >= 0.6 is 0 Å². The Hall–Kier alpha value is -2.53. The van der Waals surface area contributed by atoms with Gasteiger partial charge in [0.25, 0.3) is 5.95 Å². The highest BCUT2D eigenvalue weighted by molar-refractivity contribution is 5.79. The average Bonchev–Trinajstić information content (AvgIpc) is 2.63. The molecule has 0 amide bonds. The Morgan fingerprint density at radius 3 is 2.72 bits per heavy atom. The number of phenols is 1. The van der Waals surface area contributed by atoms with E-state index < -0.39 is 11.7 Å². The minimum absolute atomic E-state index is 0.0212. The summed E-state index contributed by atoms with van der Waals surface area (Å²) in [4.78, 5) is 12.7. The number of aromatic hydroxyl groups is 1. The van der Waals surface area contributed by atoms with Gasteiger partial charge in [0, 0.05) is 12.5 Å². The summed E-state index contributed by atoms with van der Waals surface area (Å²) in [6.45, 7) is 8.16. The molecule has 0 bridgehead atoms. The second kappa shape index (κ2) is 8.46. The van der Waals surface area contributed by atoms with Gasteiger partial charge in [-0.25, -0.2) is 0 Å². The number of aliphatic hydroxyl groups is 1. The molecule has 0 saturated heterocycles. The molecule has 5 nitrogen and oxygen atoms in total. The van der Waals surface area contributed by atoms with Crippen molar-refractivity contribution < 1.29 is 19.4 Å². The maximum absolute atomic E-state index is 12.7. The van der Waals surface area contributed by atoms with Gasteiger partial charge in [0.15, 0.2) is 5.43 Å². The summed E-state index contributed by atoms with van der Waals surface area (Å²) >= 11 is 0. The monoisotopic (exact) mass is 398 g/mol. The van der Waals surface area contributed by atoms with Gasteiger partial charge in [-0.2, -0.15) is 0 Å². The molecule has 1 aromatic carbocycles. The molecule has 0 fully saturated rings. The third-order valence-corrected chi connectivity index (χ3v) is 5.59. The second-order valence-corrected chi connectivity index (χ2v) is 8.42. The van der Waals surface area contributed by atoms with Gasteiger partial charge < -0.3 is 19.4 Å². The Balaban J connectivity index is 1.76. The van der Waals surface area contributed by atoms with Crippen molar-refractivity contribution in [3.63, 3.8) is 0 Å². The lowest BCUT2D eigenvalue weighted by molar-refractivity contribution is -0.0726. The summed E-state index contributed by atoms with van der Waals surface area (Å²) in [5.41, 5.74) is 2.20. The Kier molecular flexibility index (Phi) is 6.18. The molecule has 156 valence electrons. The number of hydrogen-bond acceptors (Lipinski definition) is 5. The zero-order valence-electron chi connectivity index (χ0n) is 17.6. The molecule has 0 radical (unpaired) electrons. The van der Waals surface area contributed by atoms with Crippen LogP contribution in [0.2, 0.25) is 0 Å². The number of allylic oxidation sites excluding steroid dienone is 4. The van der Waals surface area contributed by atoms with E-state index in [4.69, 9.17) is 9.15 Å². The maximum Gasteiger partial charge on any atom is 0.292 e. The summed E-state index contributed by atoms with van der Waals surface area (Å²) in [5.74, 6) is 0.165. The molecule has 2 atom stereocenters. The van der Waals surface area contributed by atoms with E-state index in [0.717, 1.165) is 19.3 Å². The number of phenolic OH excluding ortho intramolecular Hbond substituents is 1. The number of ether oxygens (including phenoxy) is 1. The van der Waals surface area contributed by atoms with Crippen molar-refractivity contribution in [3.05, 3.63) is 57.3 Å². The highest BCUT2D eigenvalue weighted by Gasteiger charge is 2.42. The molecule has 29 heavy (non-hydrogen) atoms. The van der Waals surface area contributed by atoms with Gasteiger partial charge in [0.1, 0.15) is 16.9 Å². The molecule has 2 aromatic rings. The largest absolute Gasteiger partial charge is 0.508 e. The number of rotatable bonds is 6. The summed E-state index contributed by atoms with van der Waals surface area (Å²) < 4.78 is 11.8. The highest BCUT2D eigenvalue weighted by atomic mass is 16.6. The fourth-order valence-electron chi connectivity index (χ4n) is 3.66. The van der Waals surface area contributed by atoms with Crippen molar-refractivity contribution >= 4 is 11.0 Å². The third-order valence-electron chi connectivity index (χ3n) is 5.59. The van der Waals surface area contributed by atoms with Crippen molar-refractivity contribution in [2.45, 2.75) is 71.5 Å².